The second-order valence-corrected chi connectivity index (χ2v) is 2.35. The highest BCUT2D eigenvalue weighted by Gasteiger charge is 2.06. The average molecular weight is 190 g/mol. The first-order valence-corrected chi connectivity index (χ1v) is 4.39. The molecule has 0 spiro atoms. The average Bonchev–Trinajstić information content (AvgIpc) is 2.08. The molecule has 4 heteroatoms. The molecule has 78 valence electrons. The molecule has 4 nitrogen and oxygen atoms in total. The Morgan fingerprint density at radius 1 is 1.00 bits per heavy atom. The van der Waals surface area contributed by atoms with Crippen LogP contribution in [0.15, 0.2) is 0 Å². The number of carbonyl (C=O) groups is 2. The number of hydrogen-bond acceptors (Lipinski definition) is 4. The van der Waals surface area contributed by atoms with Gasteiger partial charge in [-0.15, -0.1) is 0 Å². The number of rotatable bonds is 4. The third-order valence-corrected chi connectivity index (χ3v) is 1.14. The van der Waals surface area contributed by atoms with Crippen LogP contribution in [0.25, 0.3) is 0 Å². The number of esters is 2. The van der Waals surface area contributed by atoms with Crippen molar-refractivity contribution in [2.75, 3.05) is 7.11 Å². The Hall–Kier alpha value is -0.900. The van der Waals surface area contributed by atoms with Crippen molar-refractivity contribution in [1.82, 2.24) is 0 Å². The van der Waals surface area contributed by atoms with E-state index < -0.39 is 11.9 Å². The summed E-state index contributed by atoms with van der Waals surface area (Å²) < 4.78 is 4.45. The number of ether oxygens (including phenoxy) is 1. The number of hydrogen-bond donors (Lipinski definition) is 1. The SMILES string of the molecule is CCCC(=O)OC(=O)CCC.CO. The van der Waals surface area contributed by atoms with E-state index in [9.17, 15) is 9.59 Å². The highest BCUT2D eigenvalue weighted by Crippen LogP contribution is 1.95. The lowest BCUT2D eigenvalue weighted by atomic mass is 10.3. The van der Waals surface area contributed by atoms with E-state index >= 15 is 0 Å². The van der Waals surface area contributed by atoms with Crippen LogP contribution >= 0.6 is 0 Å². The molecule has 0 heterocycles. The van der Waals surface area contributed by atoms with Crippen molar-refractivity contribution in [3.05, 3.63) is 0 Å². The lowest BCUT2D eigenvalue weighted by Gasteiger charge is -1.98. The lowest BCUT2D eigenvalue weighted by Crippen LogP contribution is -2.10. The van der Waals surface area contributed by atoms with Gasteiger partial charge >= 0.3 is 11.9 Å². The van der Waals surface area contributed by atoms with Gasteiger partial charge in [-0.25, -0.2) is 0 Å². The van der Waals surface area contributed by atoms with Gasteiger partial charge in [0.1, 0.15) is 0 Å². The van der Waals surface area contributed by atoms with E-state index in [4.69, 9.17) is 5.11 Å². The fraction of sp³-hybridized carbons (Fsp3) is 0.778. The van der Waals surface area contributed by atoms with Crippen molar-refractivity contribution in [1.29, 1.82) is 0 Å². The Morgan fingerprint density at radius 2 is 1.31 bits per heavy atom. The first-order chi connectivity index (χ1) is 6.20. The summed E-state index contributed by atoms with van der Waals surface area (Å²) in [5.41, 5.74) is 0. The minimum atomic E-state index is -0.411. The Labute approximate surface area is 78.9 Å². The molecule has 0 atom stereocenters. The predicted octanol–water partition coefficient (Wildman–Crippen LogP) is 1.26. The quantitative estimate of drug-likeness (QED) is 0.535. The van der Waals surface area contributed by atoms with Crippen molar-refractivity contribution in [3.63, 3.8) is 0 Å². The van der Waals surface area contributed by atoms with E-state index in [1.807, 2.05) is 13.8 Å². The predicted molar refractivity (Wildman–Crippen MR) is 49.1 cm³/mol. The monoisotopic (exact) mass is 190 g/mol. The molecule has 1 N–H and O–H groups in total. The highest BCUT2D eigenvalue weighted by atomic mass is 16.6. The molecule has 0 bridgehead atoms. The third kappa shape index (κ3) is 11.1. The molecule has 0 saturated heterocycles. The Kier molecular flexibility index (Phi) is 12.5. The Balaban J connectivity index is 0. The molecule has 0 aromatic carbocycles. The summed E-state index contributed by atoms with van der Waals surface area (Å²) in [7, 11) is 1.00. The van der Waals surface area contributed by atoms with E-state index in [2.05, 4.69) is 4.74 Å². The molecule has 0 aliphatic heterocycles. The standard InChI is InChI=1S/C8H14O3.CH4O/c1-3-5-7(9)11-8(10)6-4-2;1-2/h3-6H2,1-2H3;2H,1H3. The molecule has 0 radical (unpaired) electrons. The molecule has 13 heavy (non-hydrogen) atoms. The van der Waals surface area contributed by atoms with Gasteiger partial charge in [0.25, 0.3) is 0 Å². The molecule has 0 aliphatic rings. The summed E-state index contributed by atoms with van der Waals surface area (Å²) in [5.74, 6) is -0.822. The molecular formula is C9H18O4. The first-order valence-electron chi connectivity index (χ1n) is 4.39. The molecule has 0 aromatic rings. The van der Waals surface area contributed by atoms with Gasteiger partial charge in [-0.05, 0) is 12.8 Å². The summed E-state index contributed by atoms with van der Waals surface area (Å²) in [4.78, 5) is 21.4. The van der Waals surface area contributed by atoms with E-state index in [-0.39, 0.29) is 0 Å². The molecule has 0 amide bonds. The van der Waals surface area contributed by atoms with Crippen LogP contribution in [0.3, 0.4) is 0 Å². The summed E-state index contributed by atoms with van der Waals surface area (Å²) >= 11 is 0. The van der Waals surface area contributed by atoms with Gasteiger partial charge in [0.15, 0.2) is 0 Å². The third-order valence-electron chi connectivity index (χ3n) is 1.14. The second kappa shape index (κ2) is 11.1. The molecule has 0 rings (SSSR count). The number of carbonyl (C=O) groups excluding carboxylic acids is 2. The van der Waals surface area contributed by atoms with Crippen molar-refractivity contribution >= 4 is 11.9 Å². The number of aliphatic hydroxyl groups excluding tert-OH is 1. The summed E-state index contributed by atoms with van der Waals surface area (Å²) in [6.07, 6.45) is 2.10. The minimum absolute atomic E-state index is 0.329. The van der Waals surface area contributed by atoms with Crippen molar-refractivity contribution in [2.24, 2.45) is 0 Å². The van der Waals surface area contributed by atoms with Crippen LogP contribution in [0, 0.1) is 0 Å². The second-order valence-electron chi connectivity index (χ2n) is 2.35. The zero-order chi connectivity index (χ0) is 10.7. The molecule has 0 aliphatic carbocycles. The Morgan fingerprint density at radius 3 is 1.54 bits per heavy atom. The minimum Gasteiger partial charge on any atom is -0.400 e. The van der Waals surface area contributed by atoms with Crippen LogP contribution in [0.2, 0.25) is 0 Å². The van der Waals surface area contributed by atoms with E-state index in [0.29, 0.717) is 12.8 Å². The molecule has 0 saturated carbocycles. The summed E-state index contributed by atoms with van der Waals surface area (Å²) in [5, 5.41) is 7.00. The van der Waals surface area contributed by atoms with Gasteiger partial charge < -0.3 is 9.84 Å². The molecular weight excluding hydrogens is 172 g/mol. The van der Waals surface area contributed by atoms with Crippen LogP contribution in [-0.2, 0) is 14.3 Å². The van der Waals surface area contributed by atoms with Crippen molar-refractivity contribution < 1.29 is 19.4 Å². The van der Waals surface area contributed by atoms with E-state index in [1.54, 1.807) is 0 Å². The normalized spacial score (nSPS) is 8.31. The van der Waals surface area contributed by atoms with Gasteiger partial charge in [-0.2, -0.15) is 0 Å². The largest absolute Gasteiger partial charge is 0.400 e. The maximum atomic E-state index is 10.7. The summed E-state index contributed by atoms with van der Waals surface area (Å²) in [6.45, 7) is 3.73. The topological polar surface area (TPSA) is 63.6 Å². The van der Waals surface area contributed by atoms with Crippen LogP contribution in [0.1, 0.15) is 39.5 Å². The fourth-order valence-electron chi connectivity index (χ4n) is 0.637. The zero-order valence-corrected chi connectivity index (χ0v) is 8.50. The maximum absolute atomic E-state index is 10.7. The lowest BCUT2D eigenvalue weighted by molar-refractivity contribution is -0.159. The maximum Gasteiger partial charge on any atom is 0.313 e. The van der Waals surface area contributed by atoms with Gasteiger partial charge in [0, 0.05) is 20.0 Å². The van der Waals surface area contributed by atoms with Crippen molar-refractivity contribution in [3.8, 4) is 0 Å². The molecule has 0 fully saturated rings. The van der Waals surface area contributed by atoms with Crippen LogP contribution in [0.5, 0.6) is 0 Å². The van der Waals surface area contributed by atoms with Gasteiger partial charge in [0.05, 0.1) is 0 Å². The first kappa shape index (κ1) is 14.6. The smallest absolute Gasteiger partial charge is 0.313 e. The van der Waals surface area contributed by atoms with Gasteiger partial charge in [-0.3, -0.25) is 9.59 Å². The van der Waals surface area contributed by atoms with E-state index in [1.165, 1.54) is 0 Å². The molecule has 0 unspecified atom stereocenters. The Bertz CT molecular complexity index is 127. The number of aliphatic hydroxyl groups is 1. The van der Waals surface area contributed by atoms with Crippen molar-refractivity contribution in [2.45, 2.75) is 39.5 Å². The zero-order valence-electron chi connectivity index (χ0n) is 8.50. The highest BCUT2D eigenvalue weighted by molar-refractivity contribution is 5.85. The van der Waals surface area contributed by atoms with Crippen LogP contribution in [-0.4, -0.2) is 24.2 Å². The van der Waals surface area contributed by atoms with E-state index in [0.717, 1.165) is 20.0 Å². The fourth-order valence-corrected chi connectivity index (χ4v) is 0.637. The van der Waals surface area contributed by atoms with Crippen LogP contribution in [0.4, 0.5) is 0 Å². The van der Waals surface area contributed by atoms with Gasteiger partial charge in [0.2, 0.25) is 0 Å². The summed E-state index contributed by atoms with van der Waals surface area (Å²) in [6, 6.07) is 0. The van der Waals surface area contributed by atoms with Gasteiger partial charge in [-0.1, -0.05) is 13.8 Å². The molecule has 0 aromatic heterocycles. The van der Waals surface area contributed by atoms with Crippen LogP contribution < -0.4 is 0 Å².